The van der Waals surface area contributed by atoms with Gasteiger partial charge < -0.3 is 10.1 Å². The summed E-state index contributed by atoms with van der Waals surface area (Å²) in [5, 5.41) is 2.71. The molecule has 5 rings (SSSR count). The lowest BCUT2D eigenvalue weighted by Crippen LogP contribution is -2.39. The molecule has 2 heterocycles. The van der Waals surface area contributed by atoms with Gasteiger partial charge in [0.2, 0.25) is 23.6 Å². The minimum absolute atomic E-state index is 0.124. The average molecular weight is 389 g/mol. The molecule has 1 aliphatic heterocycles. The van der Waals surface area contributed by atoms with Crippen LogP contribution in [0.4, 0.5) is 5.69 Å². The Balaban J connectivity index is 1.29. The Morgan fingerprint density at radius 2 is 1.72 bits per heavy atom. The Labute approximate surface area is 167 Å². The van der Waals surface area contributed by atoms with Gasteiger partial charge in [-0.05, 0) is 42.5 Å². The van der Waals surface area contributed by atoms with E-state index in [0.717, 1.165) is 11.3 Å². The van der Waals surface area contributed by atoms with Gasteiger partial charge in [0.15, 0.2) is 0 Å². The van der Waals surface area contributed by atoms with Crippen molar-refractivity contribution in [3.63, 3.8) is 0 Å². The molecule has 7 nitrogen and oxygen atoms in total. The normalized spacial score (nSPS) is 26.7. The van der Waals surface area contributed by atoms with Crippen molar-refractivity contribution in [2.24, 2.45) is 23.7 Å². The zero-order chi connectivity index (χ0) is 20.0. The smallest absolute Gasteiger partial charge is 0.244 e. The fraction of sp³-hybridized carbons (Fsp3) is 0.273. The van der Waals surface area contributed by atoms with Gasteiger partial charge in [-0.1, -0.05) is 30.4 Å². The van der Waals surface area contributed by atoms with Gasteiger partial charge in [0.1, 0.15) is 18.0 Å². The fourth-order valence-electron chi connectivity index (χ4n) is 4.62. The number of pyridine rings is 1. The summed E-state index contributed by atoms with van der Waals surface area (Å²) in [6, 6.07) is 12.4. The highest BCUT2D eigenvalue weighted by Crippen LogP contribution is 2.52. The van der Waals surface area contributed by atoms with Crippen LogP contribution in [0.1, 0.15) is 6.42 Å². The molecule has 0 spiro atoms. The third kappa shape index (κ3) is 2.99. The highest BCUT2D eigenvalue weighted by molar-refractivity contribution is 6.09. The number of imide groups is 1. The number of ether oxygens (including phenoxy) is 1. The van der Waals surface area contributed by atoms with Crippen LogP contribution in [-0.4, -0.2) is 34.2 Å². The zero-order valence-corrected chi connectivity index (χ0v) is 15.5. The highest BCUT2D eigenvalue weighted by atomic mass is 16.5. The molecule has 7 heteroatoms. The molecule has 0 unspecified atom stereocenters. The molecule has 1 aromatic carbocycles. The van der Waals surface area contributed by atoms with Crippen molar-refractivity contribution < 1.29 is 19.1 Å². The SMILES string of the molecule is O=C(CN1C(=O)[C@H]2[C@H](C1=O)[C@H]1C=C[C@H]2C1)Nc1cccnc1Oc1ccccc1. The number of benzene rings is 1. The van der Waals surface area contributed by atoms with Crippen LogP contribution in [-0.2, 0) is 14.4 Å². The number of likely N-dealkylation sites (tertiary alicyclic amines) is 1. The quantitative estimate of drug-likeness (QED) is 0.627. The molecule has 29 heavy (non-hydrogen) atoms. The van der Waals surface area contributed by atoms with Crippen LogP contribution in [0, 0.1) is 23.7 Å². The number of carbonyl (C=O) groups excluding carboxylic acids is 3. The minimum atomic E-state index is -0.460. The first kappa shape index (κ1) is 17.6. The third-order valence-electron chi connectivity index (χ3n) is 5.87. The number of fused-ring (bicyclic) bond motifs is 5. The van der Waals surface area contributed by atoms with Gasteiger partial charge in [-0.2, -0.15) is 0 Å². The van der Waals surface area contributed by atoms with Crippen molar-refractivity contribution >= 4 is 23.4 Å². The fourth-order valence-corrected chi connectivity index (χ4v) is 4.62. The minimum Gasteiger partial charge on any atom is -0.437 e. The van der Waals surface area contributed by atoms with Gasteiger partial charge in [0.25, 0.3) is 0 Å². The number of anilines is 1. The van der Waals surface area contributed by atoms with Crippen LogP contribution in [0.25, 0.3) is 0 Å². The largest absolute Gasteiger partial charge is 0.437 e. The highest BCUT2D eigenvalue weighted by Gasteiger charge is 2.59. The van der Waals surface area contributed by atoms with Crippen molar-refractivity contribution in [3.05, 3.63) is 60.8 Å². The Morgan fingerprint density at radius 3 is 2.41 bits per heavy atom. The molecule has 1 N–H and O–H groups in total. The van der Waals surface area contributed by atoms with Crippen molar-refractivity contribution in [1.29, 1.82) is 0 Å². The lowest BCUT2D eigenvalue weighted by Gasteiger charge is -2.17. The summed E-state index contributed by atoms with van der Waals surface area (Å²) in [5.41, 5.74) is 0.377. The third-order valence-corrected chi connectivity index (χ3v) is 5.87. The van der Waals surface area contributed by atoms with Gasteiger partial charge in [-0.15, -0.1) is 0 Å². The maximum atomic E-state index is 12.7. The Hall–Kier alpha value is -3.48. The maximum Gasteiger partial charge on any atom is 0.244 e. The number of rotatable bonds is 5. The van der Waals surface area contributed by atoms with Crippen LogP contribution in [0.5, 0.6) is 11.6 Å². The van der Waals surface area contributed by atoms with E-state index in [-0.39, 0.29) is 47.9 Å². The monoisotopic (exact) mass is 389 g/mol. The average Bonchev–Trinajstić information content (AvgIpc) is 3.40. The van der Waals surface area contributed by atoms with Crippen molar-refractivity contribution in [2.75, 3.05) is 11.9 Å². The van der Waals surface area contributed by atoms with Gasteiger partial charge in [-0.25, -0.2) is 4.98 Å². The molecule has 1 saturated heterocycles. The van der Waals surface area contributed by atoms with Crippen molar-refractivity contribution in [3.8, 4) is 11.6 Å². The Morgan fingerprint density at radius 1 is 1.03 bits per heavy atom. The van der Waals surface area contributed by atoms with Crippen molar-refractivity contribution in [1.82, 2.24) is 9.88 Å². The number of nitrogens with one attached hydrogen (secondary N) is 1. The molecule has 2 aliphatic carbocycles. The van der Waals surface area contributed by atoms with Gasteiger partial charge in [0.05, 0.1) is 11.8 Å². The van der Waals surface area contributed by atoms with E-state index in [0.29, 0.717) is 11.4 Å². The zero-order valence-electron chi connectivity index (χ0n) is 15.5. The molecule has 2 aromatic rings. The molecule has 3 aliphatic rings. The van der Waals surface area contributed by atoms with E-state index in [4.69, 9.17) is 4.74 Å². The number of para-hydroxylation sites is 1. The van der Waals surface area contributed by atoms with Gasteiger partial charge >= 0.3 is 0 Å². The second-order valence-electron chi connectivity index (χ2n) is 7.58. The molecule has 2 fully saturated rings. The number of hydrogen-bond acceptors (Lipinski definition) is 5. The first-order valence-electron chi connectivity index (χ1n) is 9.63. The van der Waals surface area contributed by atoms with E-state index in [1.807, 2.05) is 30.4 Å². The van der Waals surface area contributed by atoms with Crippen LogP contribution in [0.3, 0.4) is 0 Å². The molecule has 0 radical (unpaired) electrons. The number of aromatic nitrogens is 1. The van der Waals surface area contributed by atoms with E-state index in [9.17, 15) is 14.4 Å². The predicted octanol–water partition coefficient (Wildman–Crippen LogP) is 2.62. The molecule has 4 atom stereocenters. The molecule has 2 bridgehead atoms. The molecule has 146 valence electrons. The van der Waals surface area contributed by atoms with E-state index >= 15 is 0 Å². The molecule has 3 amide bonds. The van der Waals surface area contributed by atoms with E-state index in [1.165, 1.54) is 0 Å². The molecular weight excluding hydrogens is 370 g/mol. The number of carbonyl (C=O) groups is 3. The number of nitrogens with zero attached hydrogens (tertiary/aromatic N) is 2. The summed E-state index contributed by atoms with van der Waals surface area (Å²) >= 11 is 0. The van der Waals surface area contributed by atoms with Crippen LogP contribution in [0.2, 0.25) is 0 Å². The van der Waals surface area contributed by atoms with E-state index in [1.54, 1.807) is 30.5 Å². The van der Waals surface area contributed by atoms with Crippen LogP contribution in [0.15, 0.2) is 60.8 Å². The second-order valence-corrected chi connectivity index (χ2v) is 7.58. The summed E-state index contributed by atoms with van der Waals surface area (Å²) in [6.45, 7) is -0.302. The van der Waals surface area contributed by atoms with Gasteiger partial charge in [0, 0.05) is 6.20 Å². The summed E-state index contributed by atoms with van der Waals surface area (Å²) < 4.78 is 5.74. The predicted molar refractivity (Wildman–Crippen MR) is 104 cm³/mol. The molecular formula is C22H19N3O4. The number of allylic oxidation sites excluding steroid dienone is 2. The second kappa shape index (κ2) is 6.84. The maximum absolute atomic E-state index is 12.7. The lowest BCUT2D eigenvalue weighted by molar-refractivity contribution is -0.143. The van der Waals surface area contributed by atoms with Gasteiger partial charge in [-0.3, -0.25) is 19.3 Å². The topological polar surface area (TPSA) is 88.6 Å². The first-order chi connectivity index (χ1) is 14.1. The number of hydrogen-bond donors (Lipinski definition) is 1. The summed E-state index contributed by atoms with van der Waals surface area (Å²) in [4.78, 5) is 43.4. The van der Waals surface area contributed by atoms with E-state index < -0.39 is 5.91 Å². The molecule has 1 saturated carbocycles. The standard InChI is InChI=1S/C22H19N3O4/c26-17(12-25-21(27)18-13-8-9-14(11-13)19(18)22(25)28)24-16-7-4-10-23-20(16)29-15-5-2-1-3-6-15/h1-10,13-14,18-19H,11-12H2,(H,24,26)/t13-,14-,18+,19+/m0/s1. The lowest BCUT2D eigenvalue weighted by atomic mass is 9.85. The van der Waals surface area contributed by atoms with Crippen LogP contribution >= 0.6 is 0 Å². The molecule has 1 aromatic heterocycles. The number of amides is 3. The van der Waals surface area contributed by atoms with E-state index in [2.05, 4.69) is 10.3 Å². The van der Waals surface area contributed by atoms with Crippen molar-refractivity contribution in [2.45, 2.75) is 6.42 Å². The summed E-state index contributed by atoms with van der Waals surface area (Å²) in [5.74, 6) is -0.470. The summed E-state index contributed by atoms with van der Waals surface area (Å²) in [7, 11) is 0. The Bertz CT molecular complexity index is 990. The van der Waals surface area contributed by atoms with Crippen LogP contribution < -0.4 is 10.1 Å². The first-order valence-corrected chi connectivity index (χ1v) is 9.63. The Kier molecular flexibility index (Phi) is 4.16. The summed E-state index contributed by atoms with van der Waals surface area (Å²) in [6.07, 6.45) is 6.49.